The van der Waals surface area contributed by atoms with E-state index in [1.165, 1.54) is 23.4 Å². The first kappa shape index (κ1) is 17.7. The number of hydrogen-bond donors (Lipinski definition) is 0. The Morgan fingerprint density at radius 2 is 1.85 bits per heavy atom. The molecule has 0 aliphatic heterocycles. The second kappa shape index (κ2) is 7.53. The zero-order chi connectivity index (χ0) is 18.8. The second-order valence-corrected chi connectivity index (χ2v) is 7.71. The van der Waals surface area contributed by atoms with Crippen LogP contribution in [0, 0.1) is 5.82 Å². The highest BCUT2D eigenvalue weighted by molar-refractivity contribution is 7.98. The smallest absolute Gasteiger partial charge is 0.127 e. The average molecular weight is 377 g/mol. The van der Waals surface area contributed by atoms with E-state index in [4.69, 9.17) is 0 Å². The van der Waals surface area contributed by atoms with E-state index in [1.807, 2.05) is 22.8 Å². The quantitative estimate of drug-likeness (QED) is 0.403. The summed E-state index contributed by atoms with van der Waals surface area (Å²) in [7, 11) is 0. The Balaban J connectivity index is 1.63. The topological polar surface area (TPSA) is 30.2 Å². The normalized spacial score (nSPS) is 11.4. The first-order chi connectivity index (χ1) is 13.1. The van der Waals surface area contributed by atoms with Crippen LogP contribution < -0.4 is 0 Å². The maximum atomic E-state index is 13.9. The summed E-state index contributed by atoms with van der Waals surface area (Å²) in [5.41, 5.74) is 4.90. The lowest BCUT2D eigenvalue weighted by molar-refractivity contribution is 0.617. The van der Waals surface area contributed by atoms with Gasteiger partial charge in [-0.1, -0.05) is 68.1 Å². The fourth-order valence-electron chi connectivity index (χ4n) is 2.95. The zero-order valence-corrected chi connectivity index (χ0v) is 16.1. The Labute approximate surface area is 162 Å². The van der Waals surface area contributed by atoms with Gasteiger partial charge in [0.05, 0.1) is 11.2 Å². The molecule has 27 heavy (non-hydrogen) atoms. The summed E-state index contributed by atoms with van der Waals surface area (Å²) in [4.78, 5) is 4.48. The third kappa shape index (κ3) is 3.74. The maximum Gasteiger partial charge on any atom is 0.127 e. The lowest BCUT2D eigenvalue weighted by Crippen LogP contribution is -1.92. The molecule has 0 unspecified atom stereocenters. The van der Waals surface area contributed by atoms with Gasteiger partial charge < -0.3 is 0 Å². The van der Waals surface area contributed by atoms with E-state index in [0.29, 0.717) is 17.2 Å². The van der Waals surface area contributed by atoms with Crippen molar-refractivity contribution in [3.63, 3.8) is 0 Å². The summed E-state index contributed by atoms with van der Waals surface area (Å²) in [5.74, 6) is 0.852. The number of benzene rings is 2. The van der Waals surface area contributed by atoms with Gasteiger partial charge in [0.2, 0.25) is 0 Å². The first-order valence-corrected chi connectivity index (χ1v) is 9.91. The summed E-state index contributed by atoms with van der Waals surface area (Å²) in [6.07, 6.45) is 3.57. The number of aromatic nitrogens is 3. The van der Waals surface area contributed by atoms with Gasteiger partial charge in [-0.15, -0.1) is 0 Å². The van der Waals surface area contributed by atoms with E-state index < -0.39 is 0 Å². The average Bonchev–Trinajstić information content (AvgIpc) is 3.12. The van der Waals surface area contributed by atoms with Crippen LogP contribution in [0.2, 0.25) is 0 Å². The Morgan fingerprint density at radius 3 is 2.59 bits per heavy atom. The predicted molar refractivity (Wildman–Crippen MR) is 108 cm³/mol. The molecule has 0 atom stereocenters. The number of thioether (sulfide) groups is 1. The molecular formula is C22H20FN3S. The summed E-state index contributed by atoms with van der Waals surface area (Å²) in [5, 5.41) is 5.53. The van der Waals surface area contributed by atoms with Crippen LogP contribution in [0.5, 0.6) is 0 Å². The molecule has 0 bridgehead atoms. The lowest BCUT2D eigenvalue weighted by atomic mass is 10.0. The molecule has 0 saturated carbocycles. The van der Waals surface area contributed by atoms with E-state index in [1.54, 1.807) is 18.3 Å². The summed E-state index contributed by atoms with van der Waals surface area (Å²) < 4.78 is 15.7. The number of hydrogen-bond acceptors (Lipinski definition) is 3. The van der Waals surface area contributed by atoms with Crippen LogP contribution in [-0.2, 0) is 5.75 Å². The molecule has 0 fully saturated rings. The minimum absolute atomic E-state index is 0.184. The Hall–Kier alpha value is -2.66. The molecule has 0 saturated heterocycles. The zero-order valence-electron chi connectivity index (χ0n) is 15.3. The van der Waals surface area contributed by atoms with Crippen molar-refractivity contribution in [2.45, 2.75) is 30.5 Å². The van der Waals surface area contributed by atoms with E-state index in [0.717, 1.165) is 21.8 Å². The van der Waals surface area contributed by atoms with Gasteiger partial charge in [0.15, 0.2) is 0 Å². The molecule has 0 aliphatic carbocycles. The molecule has 4 rings (SSSR count). The molecule has 5 heteroatoms. The van der Waals surface area contributed by atoms with Crippen molar-refractivity contribution in [1.29, 1.82) is 0 Å². The van der Waals surface area contributed by atoms with Crippen LogP contribution in [0.15, 0.2) is 72.0 Å². The Bertz CT molecular complexity index is 1070. The molecule has 0 N–H and O–H groups in total. The fraction of sp³-hybridized carbons (Fsp3) is 0.182. The van der Waals surface area contributed by atoms with Crippen LogP contribution in [-0.4, -0.2) is 14.6 Å². The van der Waals surface area contributed by atoms with E-state index in [-0.39, 0.29) is 5.82 Å². The molecule has 2 aromatic carbocycles. The number of rotatable bonds is 5. The number of halogens is 1. The van der Waals surface area contributed by atoms with Crippen molar-refractivity contribution in [3.8, 4) is 11.3 Å². The SMILES string of the molecule is CC(C)c1ccc(-c2cc3c(SCc4ccccc4F)nccn3n2)cc1. The van der Waals surface area contributed by atoms with Gasteiger partial charge in [-0.2, -0.15) is 5.10 Å². The highest BCUT2D eigenvalue weighted by Crippen LogP contribution is 2.29. The lowest BCUT2D eigenvalue weighted by Gasteiger charge is -2.05. The van der Waals surface area contributed by atoms with Crippen molar-refractivity contribution < 1.29 is 4.39 Å². The van der Waals surface area contributed by atoms with Gasteiger partial charge in [0, 0.05) is 23.7 Å². The Kier molecular flexibility index (Phi) is 4.94. The third-order valence-electron chi connectivity index (χ3n) is 4.55. The molecule has 0 amide bonds. The van der Waals surface area contributed by atoms with Gasteiger partial charge in [-0.05, 0) is 29.2 Å². The van der Waals surface area contributed by atoms with E-state index >= 15 is 0 Å². The van der Waals surface area contributed by atoms with Gasteiger partial charge in [0.1, 0.15) is 10.8 Å². The standard InChI is InChI=1S/C22H20FN3S/c1-15(2)16-7-9-17(10-8-16)20-13-21-22(24-11-12-26(21)25-20)27-14-18-5-3-4-6-19(18)23/h3-13,15H,14H2,1-2H3. The van der Waals surface area contributed by atoms with Gasteiger partial charge in [-0.25, -0.2) is 13.9 Å². The molecule has 4 aromatic rings. The van der Waals surface area contributed by atoms with Crippen LogP contribution >= 0.6 is 11.8 Å². The van der Waals surface area contributed by atoms with Gasteiger partial charge in [-0.3, -0.25) is 0 Å². The van der Waals surface area contributed by atoms with E-state index in [9.17, 15) is 4.39 Å². The number of nitrogens with zero attached hydrogens (tertiary/aromatic N) is 3. The molecule has 0 aliphatic rings. The number of fused-ring (bicyclic) bond motifs is 1. The van der Waals surface area contributed by atoms with Gasteiger partial charge >= 0.3 is 0 Å². The largest absolute Gasteiger partial charge is 0.246 e. The minimum Gasteiger partial charge on any atom is -0.246 e. The molecule has 0 radical (unpaired) electrons. The second-order valence-electron chi connectivity index (χ2n) is 6.75. The molecule has 2 heterocycles. The van der Waals surface area contributed by atoms with Crippen LogP contribution in [0.4, 0.5) is 4.39 Å². The van der Waals surface area contributed by atoms with Crippen LogP contribution in [0.1, 0.15) is 30.9 Å². The van der Waals surface area contributed by atoms with Crippen LogP contribution in [0.3, 0.4) is 0 Å². The molecule has 2 aromatic heterocycles. The predicted octanol–water partition coefficient (Wildman–Crippen LogP) is 5.95. The van der Waals surface area contributed by atoms with Crippen LogP contribution in [0.25, 0.3) is 16.8 Å². The molecule has 0 spiro atoms. The monoisotopic (exact) mass is 377 g/mol. The highest BCUT2D eigenvalue weighted by atomic mass is 32.2. The van der Waals surface area contributed by atoms with E-state index in [2.05, 4.69) is 48.2 Å². The van der Waals surface area contributed by atoms with Gasteiger partial charge in [0.25, 0.3) is 0 Å². The van der Waals surface area contributed by atoms with Crippen molar-refractivity contribution >= 4 is 17.3 Å². The summed E-state index contributed by atoms with van der Waals surface area (Å²) in [6.45, 7) is 4.37. The van der Waals surface area contributed by atoms with Crippen molar-refractivity contribution in [2.24, 2.45) is 0 Å². The summed E-state index contributed by atoms with van der Waals surface area (Å²) >= 11 is 1.52. The highest BCUT2D eigenvalue weighted by Gasteiger charge is 2.11. The Morgan fingerprint density at radius 1 is 1.07 bits per heavy atom. The summed E-state index contributed by atoms with van der Waals surface area (Å²) in [6, 6.07) is 17.4. The minimum atomic E-state index is -0.184. The molecular weight excluding hydrogens is 357 g/mol. The fourth-order valence-corrected chi connectivity index (χ4v) is 3.91. The van der Waals surface area contributed by atoms with Crippen molar-refractivity contribution in [1.82, 2.24) is 14.6 Å². The van der Waals surface area contributed by atoms with Crippen molar-refractivity contribution in [3.05, 3.63) is 83.9 Å². The first-order valence-electron chi connectivity index (χ1n) is 8.93. The van der Waals surface area contributed by atoms with Crippen molar-refractivity contribution in [2.75, 3.05) is 0 Å². The molecule has 3 nitrogen and oxygen atoms in total. The maximum absolute atomic E-state index is 13.9. The third-order valence-corrected chi connectivity index (χ3v) is 5.59. The molecule has 136 valence electrons.